The van der Waals surface area contributed by atoms with E-state index in [1.54, 1.807) is 0 Å². The van der Waals surface area contributed by atoms with Crippen LogP contribution in [0.25, 0.3) is 0 Å². The number of aliphatic hydroxyl groups is 1. The van der Waals surface area contributed by atoms with Crippen LogP contribution in [0.5, 0.6) is 5.75 Å². The number of hydrogen-bond donors (Lipinski definition) is 1. The SMILES string of the molecule is Cc1cccc(C(O)CCc2ccc3c(c2)CCO3)c1I. The molecule has 1 unspecified atom stereocenters. The van der Waals surface area contributed by atoms with Crippen molar-refractivity contribution in [1.29, 1.82) is 0 Å². The van der Waals surface area contributed by atoms with E-state index in [9.17, 15) is 5.11 Å². The summed E-state index contributed by atoms with van der Waals surface area (Å²) in [5.74, 6) is 1.02. The van der Waals surface area contributed by atoms with Gasteiger partial charge >= 0.3 is 0 Å². The Labute approximate surface area is 139 Å². The topological polar surface area (TPSA) is 29.5 Å². The molecule has 1 atom stereocenters. The Morgan fingerprint density at radius 2 is 2.14 bits per heavy atom. The summed E-state index contributed by atoms with van der Waals surface area (Å²) in [6.45, 7) is 2.88. The Balaban J connectivity index is 1.68. The lowest BCUT2D eigenvalue weighted by molar-refractivity contribution is 0.167. The first-order chi connectivity index (χ1) is 10.1. The van der Waals surface area contributed by atoms with Crippen LogP contribution in [0.2, 0.25) is 0 Å². The number of ether oxygens (including phenoxy) is 1. The second-order valence-corrected chi connectivity index (χ2v) is 6.65. The van der Waals surface area contributed by atoms with Gasteiger partial charge < -0.3 is 9.84 Å². The van der Waals surface area contributed by atoms with E-state index < -0.39 is 6.10 Å². The lowest BCUT2D eigenvalue weighted by atomic mass is 9.99. The van der Waals surface area contributed by atoms with Crippen LogP contribution in [0.15, 0.2) is 36.4 Å². The van der Waals surface area contributed by atoms with E-state index in [1.807, 2.05) is 12.1 Å². The molecule has 2 nitrogen and oxygen atoms in total. The normalized spacial score (nSPS) is 14.6. The Morgan fingerprint density at radius 3 is 3.00 bits per heavy atom. The quantitative estimate of drug-likeness (QED) is 0.788. The molecule has 1 aliphatic rings. The average Bonchev–Trinajstić information content (AvgIpc) is 2.95. The minimum atomic E-state index is -0.402. The highest BCUT2D eigenvalue weighted by atomic mass is 127. The summed E-state index contributed by atoms with van der Waals surface area (Å²) < 4.78 is 6.70. The molecule has 0 spiro atoms. The van der Waals surface area contributed by atoms with Gasteiger partial charge in [-0.1, -0.05) is 30.3 Å². The molecule has 0 radical (unpaired) electrons. The first kappa shape index (κ1) is 14.9. The van der Waals surface area contributed by atoms with Crippen molar-refractivity contribution in [1.82, 2.24) is 0 Å². The molecule has 1 heterocycles. The fourth-order valence-corrected chi connectivity index (χ4v) is 3.50. The third-order valence-electron chi connectivity index (χ3n) is 4.04. The minimum absolute atomic E-state index is 0.402. The van der Waals surface area contributed by atoms with Gasteiger partial charge in [0.1, 0.15) is 5.75 Å². The minimum Gasteiger partial charge on any atom is -0.493 e. The zero-order chi connectivity index (χ0) is 14.8. The molecular weight excluding hydrogens is 375 g/mol. The largest absolute Gasteiger partial charge is 0.493 e. The van der Waals surface area contributed by atoms with Gasteiger partial charge in [-0.3, -0.25) is 0 Å². The monoisotopic (exact) mass is 394 g/mol. The maximum absolute atomic E-state index is 10.5. The molecule has 0 aromatic heterocycles. The lowest BCUT2D eigenvalue weighted by Gasteiger charge is -2.14. The smallest absolute Gasteiger partial charge is 0.122 e. The van der Waals surface area contributed by atoms with Gasteiger partial charge in [-0.2, -0.15) is 0 Å². The van der Waals surface area contributed by atoms with E-state index >= 15 is 0 Å². The molecule has 21 heavy (non-hydrogen) atoms. The third-order valence-corrected chi connectivity index (χ3v) is 5.51. The number of fused-ring (bicyclic) bond motifs is 1. The van der Waals surface area contributed by atoms with Crippen LogP contribution in [0.3, 0.4) is 0 Å². The zero-order valence-electron chi connectivity index (χ0n) is 12.1. The van der Waals surface area contributed by atoms with Crippen molar-refractivity contribution >= 4 is 22.6 Å². The van der Waals surface area contributed by atoms with Crippen LogP contribution in [-0.4, -0.2) is 11.7 Å². The van der Waals surface area contributed by atoms with Crippen molar-refractivity contribution in [2.45, 2.75) is 32.3 Å². The van der Waals surface area contributed by atoms with E-state index in [-0.39, 0.29) is 0 Å². The highest BCUT2D eigenvalue weighted by Crippen LogP contribution is 2.29. The Bertz CT molecular complexity index is 652. The second-order valence-electron chi connectivity index (χ2n) is 5.57. The number of benzene rings is 2. The summed E-state index contributed by atoms with van der Waals surface area (Å²) in [5, 5.41) is 10.5. The highest BCUT2D eigenvalue weighted by molar-refractivity contribution is 14.1. The molecule has 0 bridgehead atoms. The molecule has 1 aliphatic heterocycles. The van der Waals surface area contributed by atoms with E-state index in [0.717, 1.165) is 37.2 Å². The van der Waals surface area contributed by atoms with Crippen molar-refractivity contribution in [3.05, 3.63) is 62.2 Å². The predicted octanol–water partition coefficient (Wildman–Crippen LogP) is 4.20. The second kappa shape index (κ2) is 6.36. The van der Waals surface area contributed by atoms with Gasteiger partial charge in [0.2, 0.25) is 0 Å². The van der Waals surface area contributed by atoms with Crippen LogP contribution in [0.4, 0.5) is 0 Å². The lowest BCUT2D eigenvalue weighted by Crippen LogP contribution is -2.03. The van der Waals surface area contributed by atoms with E-state index in [4.69, 9.17) is 4.74 Å². The van der Waals surface area contributed by atoms with Gasteiger partial charge in [-0.05, 0) is 70.7 Å². The van der Waals surface area contributed by atoms with Crippen LogP contribution < -0.4 is 4.74 Å². The predicted molar refractivity (Wildman–Crippen MR) is 92.8 cm³/mol. The van der Waals surface area contributed by atoms with Gasteiger partial charge in [-0.15, -0.1) is 0 Å². The summed E-state index contributed by atoms with van der Waals surface area (Å²) >= 11 is 2.32. The molecule has 2 aromatic carbocycles. The van der Waals surface area contributed by atoms with Crippen molar-refractivity contribution in [3.63, 3.8) is 0 Å². The molecule has 1 N–H and O–H groups in total. The summed E-state index contributed by atoms with van der Waals surface area (Å²) in [4.78, 5) is 0. The Hall–Kier alpha value is -1.07. The van der Waals surface area contributed by atoms with Gasteiger partial charge in [0, 0.05) is 9.99 Å². The fraction of sp³-hybridized carbons (Fsp3) is 0.333. The molecule has 0 amide bonds. The van der Waals surface area contributed by atoms with Crippen LogP contribution in [-0.2, 0) is 12.8 Å². The maximum Gasteiger partial charge on any atom is 0.122 e. The number of aryl methyl sites for hydroxylation is 2. The molecule has 0 saturated heterocycles. The van der Waals surface area contributed by atoms with Gasteiger partial charge in [0.15, 0.2) is 0 Å². The van der Waals surface area contributed by atoms with E-state index in [1.165, 1.54) is 20.3 Å². The van der Waals surface area contributed by atoms with Crippen LogP contribution in [0, 0.1) is 10.5 Å². The summed E-state index contributed by atoms with van der Waals surface area (Å²) in [6.07, 6.45) is 2.24. The van der Waals surface area contributed by atoms with Crippen molar-refractivity contribution < 1.29 is 9.84 Å². The number of aliphatic hydroxyl groups excluding tert-OH is 1. The average molecular weight is 394 g/mol. The number of hydrogen-bond acceptors (Lipinski definition) is 2. The molecule has 3 rings (SSSR count). The molecular formula is C18H19IO2. The van der Waals surface area contributed by atoms with Crippen LogP contribution in [0.1, 0.15) is 34.8 Å². The van der Waals surface area contributed by atoms with Crippen molar-refractivity contribution in [2.75, 3.05) is 6.61 Å². The third kappa shape index (κ3) is 3.24. The van der Waals surface area contributed by atoms with E-state index in [2.05, 4.69) is 53.8 Å². The molecule has 0 aliphatic carbocycles. The molecule has 2 aromatic rings. The molecule has 0 fully saturated rings. The Kier molecular flexibility index (Phi) is 4.50. The number of halogens is 1. The van der Waals surface area contributed by atoms with Gasteiger partial charge in [0.05, 0.1) is 12.7 Å². The first-order valence-electron chi connectivity index (χ1n) is 7.33. The van der Waals surface area contributed by atoms with Crippen LogP contribution >= 0.6 is 22.6 Å². The van der Waals surface area contributed by atoms with Gasteiger partial charge in [0.25, 0.3) is 0 Å². The first-order valence-corrected chi connectivity index (χ1v) is 8.40. The van der Waals surface area contributed by atoms with E-state index in [0.29, 0.717) is 0 Å². The molecule has 3 heteroatoms. The van der Waals surface area contributed by atoms with Gasteiger partial charge in [-0.25, -0.2) is 0 Å². The Morgan fingerprint density at radius 1 is 1.29 bits per heavy atom. The fourth-order valence-electron chi connectivity index (χ4n) is 2.78. The molecule has 110 valence electrons. The standard InChI is InChI=1S/C18H19IO2/c1-12-3-2-4-15(18(12)19)16(20)7-5-13-6-8-17-14(11-13)9-10-21-17/h2-4,6,8,11,16,20H,5,7,9-10H2,1H3. The zero-order valence-corrected chi connectivity index (χ0v) is 14.3. The van der Waals surface area contributed by atoms with Crippen molar-refractivity contribution in [3.8, 4) is 5.75 Å². The summed E-state index contributed by atoms with van der Waals surface area (Å²) in [6, 6.07) is 12.5. The van der Waals surface area contributed by atoms with Crippen molar-refractivity contribution in [2.24, 2.45) is 0 Å². The summed E-state index contributed by atoms with van der Waals surface area (Å²) in [5.41, 5.74) is 4.84. The maximum atomic E-state index is 10.5. The highest BCUT2D eigenvalue weighted by Gasteiger charge is 2.15. The molecule has 0 saturated carbocycles. The summed E-state index contributed by atoms with van der Waals surface area (Å²) in [7, 11) is 0. The number of rotatable bonds is 4.